The molecule has 0 heterocycles. The van der Waals surface area contributed by atoms with Gasteiger partial charge < -0.3 is 5.11 Å². The molecule has 0 spiro atoms. The molecule has 0 radical (unpaired) electrons. The zero-order chi connectivity index (χ0) is 12.2. The average Bonchev–Trinajstić information content (AvgIpc) is 2.25. The van der Waals surface area contributed by atoms with Crippen LogP contribution < -0.4 is 4.31 Å². The first-order valence-corrected chi connectivity index (χ1v) is 6.89. The van der Waals surface area contributed by atoms with Crippen molar-refractivity contribution in [1.29, 1.82) is 0 Å². The second-order valence-corrected chi connectivity index (χ2v) is 5.83. The van der Waals surface area contributed by atoms with Crippen molar-refractivity contribution in [3.8, 4) is 0 Å². The van der Waals surface area contributed by atoms with E-state index in [2.05, 4.69) is 0 Å². The Bertz CT molecular complexity index is 447. The van der Waals surface area contributed by atoms with Crippen molar-refractivity contribution >= 4 is 27.3 Å². The highest BCUT2D eigenvalue weighted by atomic mass is 35.5. The van der Waals surface area contributed by atoms with Crippen molar-refractivity contribution < 1.29 is 13.5 Å². The van der Waals surface area contributed by atoms with Crippen molar-refractivity contribution in [2.24, 2.45) is 0 Å². The smallest absolute Gasteiger partial charge is 0.249 e. The number of sulfonamides is 1. The summed E-state index contributed by atoms with van der Waals surface area (Å²) in [5.74, 6) is 0. The molecular weight excluding hydrogens is 250 g/mol. The lowest BCUT2D eigenvalue weighted by Gasteiger charge is -2.22. The van der Waals surface area contributed by atoms with Crippen LogP contribution in [-0.4, -0.2) is 31.9 Å². The van der Waals surface area contributed by atoms with Gasteiger partial charge in [0.05, 0.1) is 18.8 Å². The molecule has 1 rings (SSSR count). The monoisotopic (exact) mass is 263 g/mol. The zero-order valence-electron chi connectivity index (χ0n) is 8.93. The lowest BCUT2D eigenvalue weighted by molar-refractivity contribution is 0.306. The van der Waals surface area contributed by atoms with E-state index in [1.165, 1.54) is 0 Å². The number of hydrogen-bond donors (Lipinski definition) is 1. The van der Waals surface area contributed by atoms with Crippen LogP contribution in [0.1, 0.15) is 5.56 Å². The van der Waals surface area contributed by atoms with Crippen molar-refractivity contribution in [1.82, 2.24) is 0 Å². The number of anilines is 1. The highest BCUT2D eigenvalue weighted by Crippen LogP contribution is 2.19. The number of halogens is 1. The van der Waals surface area contributed by atoms with Crippen LogP contribution in [0.4, 0.5) is 5.69 Å². The minimum absolute atomic E-state index is 0.0124. The first kappa shape index (κ1) is 13.3. The van der Waals surface area contributed by atoms with E-state index in [-0.39, 0.29) is 13.2 Å². The Balaban J connectivity index is 3.13. The molecule has 0 atom stereocenters. The molecule has 16 heavy (non-hydrogen) atoms. The van der Waals surface area contributed by atoms with Crippen LogP contribution in [0.2, 0.25) is 0 Å². The summed E-state index contributed by atoms with van der Waals surface area (Å²) < 4.78 is 24.5. The highest BCUT2D eigenvalue weighted by molar-refractivity contribution is 7.93. The second kappa shape index (κ2) is 5.52. The fraction of sp³-hybridized carbons (Fsp3) is 0.400. The maximum Gasteiger partial charge on any atom is 0.249 e. The van der Waals surface area contributed by atoms with Crippen LogP contribution in [0.3, 0.4) is 0 Å². The van der Waals surface area contributed by atoms with Crippen molar-refractivity contribution in [3.63, 3.8) is 0 Å². The van der Waals surface area contributed by atoms with Crippen LogP contribution in [-0.2, 0) is 10.0 Å². The number of rotatable bonds is 5. The van der Waals surface area contributed by atoms with E-state index >= 15 is 0 Å². The lowest BCUT2D eigenvalue weighted by Crippen LogP contribution is -2.34. The molecule has 1 aromatic rings. The standard InChI is InChI=1S/C10H14ClNO3S/c1-9-3-2-4-10(7-9)12(5-6-13)16(14,15)8-11/h2-4,7,13H,5-6,8H2,1H3. The average molecular weight is 264 g/mol. The van der Waals surface area contributed by atoms with Gasteiger partial charge in [-0.2, -0.15) is 0 Å². The fourth-order valence-electron chi connectivity index (χ4n) is 1.36. The van der Waals surface area contributed by atoms with E-state index < -0.39 is 15.2 Å². The Hall–Kier alpha value is -0.780. The molecule has 4 nitrogen and oxygen atoms in total. The summed E-state index contributed by atoms with van der Waals surface area (Å²) >= 11 is 5.40. The molecule has 6 heteroatoms. The summed E-state index contributed by atoms with van der Waals surface area (Å²) in [7, 11) is -3.55. The maximum absolute atomic E-state index is 11.7. The minimum Gasteiger partial charge on any atom is -0.394 e. The van der Waals surface area contributed by atoms with Gasteiger partial charge in [-0.15, -0.1) is 11.6 Å². The zero-order valence-corrected chi connectivity index (χ0v) is 10.5. The van der Waals surface area contributed by atoms with Gasteiger partial charge in [0, 0.05) is 0 Å². The van der Waals surface area contributed by atoms with E-state index in [0.29, 0.717) is 5.69 Å². The van der Waals surface area contributed by atoms with Crippen LogP contribution >= 0.6 is 11.6 Å². The Morgan fingerprint density at radius 3 is 2.62 bits per heavy atom. The Morgan fingerprint density at radius 2 is 2.12 bits per heavy atom. The molecule has 0 aromatic heterocycles. The number of aliphatic hydroxyl groups is 1. The molecule has 1 N–H and O–H groups in total. The molecule has 1 aromatic carbocycles. The minimum atomic E-state index is -3.55. The van der Waals surface area contributed by atoms with Crippen LogP contribution in [0.25, 0.3) is 0 Å². The van der Waals surface area contributed by atoms with Gasteiger partial charge in [-0.25, -0.2) is 8.42 Å². The first-order chi connectivity index (χ1) is 7.51. The van der Waals surface area contributed by atoms with Gasteiger partial charge in [0.1, 0.15) is 5.21 Å². The molecule has 0 unspecified atom stereocenters. The molecule has 0 aliphatic heterocycles. The van der Waals surface area contributed by atoms with Gasteiger partial charge in [-0.3, -0.25) is 4.31 Å². The van der Waals surface area contributed by atoms with Gasteiger partial charge in [-0.1, -0.05) is 12.1 Å². The third-order valence-electron chi connectivity index (χ3n) is 2.07. The Morgan fingerprint density at radius 1 is 1.44 bits per heavy atom. The SMILES string of the molecule is Cc1cccc(N(CCO)S(=O)(=O)CCl)c1. The maximum atomic E-state index is 11.7. The summed E-state index contributed by atoms with van der Waals surface area (Å²) in [6.07, 6.45) is 0. The quantitative estimate of drug-likeness (QED) is 0.815. The third-order valence-corrected chi connectivity index (χ3v) is 4.23. The van der Waals surface area contributed by atoms with Crippen molar-refractivity contribution in [2.45, 2.75) is 6.92 Å². The van der Waals surface area contributed by atoms with Crippen LogP contribution in [0.5, 0.6) is 0 Å². The summed E-state index contributed by atoms with van der Waals surface area (Å²) in [6, 6.07) is 7.04. The van der Waals surface area contributed by atoms with Gasteiger partial charge in [0.2, 0.25) is 10.0 Å². The Labute approximate surface area is 101 Å². The molecular formula is C10H14ClNO3S. The molecule has 0 saturated heterocycles. The molecule has 90 valence electrons. The second-order valence-electron chi connectivity index (χ2n) is 3.36. The van der Waals surface area contributed by atoms with E-state index in [9.17, 15) is 8.42 Å². The number of aryl methyl sites for hydroxylation is 1. The van der Waals surface area contributed by atoms with Crippen molar-refractivity contribution in [3.05, 3.63) is 29.8 Å². The van der Waals surface area contributed by atoms with Gasteiger partial charge in [0.15, 0.2) is 0 Å². The largest absolute Gasteiger partial charge is 0.394 e. The predicted octanol–water partition coefficient (Wildman–Crippen LogP) is 1.32. The topological polar surface area (TPSA) is 57.6 Å². The normalized spacial score (nSPS) is 11.4. The molecule has 0 bridgehead atoms. The molecule has 0 amide bonds. The number of alkyl halides is 1. The highest BCUT2D eigenvalue weighted by Gasteiger charge is 2.20. The number of nitrogens with zero attached hydrogens (tertiary/aromatic N) is 1. The molecule has 0 aliphatic rings. The third kappa shape index (κ3) is 3.10. The number of benzene rings is 1. The summed E-state index contributed by atoms with van der Waals surface area (Å²) in [5.41, 5.74) is 1.47. The number of hydrogen-bond acceptors (Lipinski definition) is 3. The van der Waals surface area contributed by atoms with Gasteiger partial charge in [0.25, 0.3) is 0 Å². The van der Waals surface area contributed by atoms with E-state index in [0.717, 1.165) is 9.87 Å². The molecule has 0 aliphatic carbocycles. The van der Waals surface area contributed by atoms with E-state index in [1.54, 1.807) is 18.2 Å². The van der Waals surface area contributed by atoms with E-state index in [1.807, 2.05) is 13.0 Å². The van der Waals surface area contributed by atoms with Crippen LogP contribution in [0, 0.1) is 6.92 Å². The van der Waals surface area contributed by atoms with Gasteiger partial charge in [-0.05, 0) is 24.6 Å². The van der Waals surface area contributed by atoms with Gasteiger partial charge >= 0.3 is 0 Å². The Kier molecular flexibility index (Phi) is 4.58. The first-order valence-electron chi connectivity index (χ1n) is 4.75. The summed E-state index contributed by atoms with van der Waals surface area (Å²) in [5, 5.41) is 8.38. The summed E-state index contributed by atoms with van der Waals surface area (Å²) in [4.78, 5) is 0. The summed E-state index contributed by atoms with van der Waals surface area (Å²) in [6.45, 7) is 1.64. The van der Waals surface area contributed by atoms with Crippen molar-refractivity contribution in [2.75, 3.05) is 22.7 Å². The molecule has 0 saturated carbocycles. The van der Waals surface area contributed by atoms with E-state index in [4.69, 9.17) is 16.7 Å². The molecule has 0 fully saturated rings. The fourth-order valence-corrected chi connectivity index (χ4v) is 2.63. The predicted molar refractivity (Wildman–Crippen MR) is 65.3 cm³/mol. The number of aliphatic hydroxyl groups excluding tert-OH is 1. The lowest BCUT2D eigenvalue weighted by atomic mass is 10.2. The van der Waals surface area contributed by atoms with Crippen LogP contribution in [0.15, 0.2) is 24.3 Å².